The average Bonchev–Trinajstić information content (AvgIpc) is 3.16. The first-order chi connectivity index (χ1) is 15.4. The Morgan fingerprint density at radius 1 is 1.30 bits per heavy atom. The van der Waals surface area contributed by atoms with Gasteiger partial charge in [-0.3, -0.25) is 14.5 Å². The second kappa shape index (κ2) is 8.11. The highest BCUT2D eigenvalue weighted by molar-refractivity contribution is 8.04. The lowest BCUT2D eigenvalue weighted by Gasteiger charge is -2.25. The molecule has 2 aliphatic rings. The molecule has 1 fully saturated rings. The highest BCUT2D eigenvalue weighted by Gasteiger charge is 2.66. The number of carbonyl (C=O) groups is 1. The molecular formula is C22H23F5N4OS. The third kappa shape index (κ3) is 4.27. The van der Waals surface area contributed by atoms with Gasteiger partial charge in [-0.15, -0.1) is 11.8 Å². The SMILES string of the molecule is CC(NC(=O)c1cc(C(F)F)nn1C)C1=CCCC2(C)CC2(c2ccnc(C(F)(F)F)c2)S1. The summed E-state index contributed by atoms with van der Waals surface area (Å²) in [5.74, 6) is -0.550. The Labute approximate surface area is 191 Å². The molecule has 1 amide bonds. The molecule has 3 heterocycles. The fraction of sp³-hybridized carbons (Fsp3) is 0.500. The van der Waals surface area contributed by atoms with Crippen molar-refractivity contribution in [3.05, 3.63) is 58.0 Å². The molecule has 1 aliphatic carbocycles. The van der Waals surface area contributed by atoms with E-state index in [1.54, 1.807) is 13.0 Å². The minimum absolute atomic E-state index is 0.00583. The summed E-state index contributed by atoms with van der Waals surface area (Å²) in [6, 6.07) is 3.33. The van der Waals surface area contributed by atoms with Crippen LogP contribution in [0.25, 0.3) is 0 Å². The molecule has 4 rings (SSSR count). The van der Waals surface area contributed by atoms with E-state index in [1.807, 2.05) is 6.08 Å². The van der Waals surface area contributed by atoms with Gasteiger partial charge in [-0.05, 0) is 55.4 Å². The summed E-state index contributed by atoms with van der Waals surface area (Å²) < 4.78 is 66.2. The molecule has 3 atom stereocenters. The smallest absolute Gasteiger partial charge is 0.344 e. The molecule has 0 aromatic carbocycles. The Kier molecular flexibility index (Phi) is 5.83. The number of halogens is 5. The summed E-state index contributed by atoms with van der Waals surface area (Å²) in [5.41, 5.74) is -1.02. The first-order valence-corrected chi connectivity index (χ1v) is 11.2. The lowest BCUT2D eigenvalue weighted by Crippen LogP contribution is -2.35. The van der Waals surface area contributed by atoms with Crippen molar-refractivity contribution in [1.29, 1.82) is 0 Å². The number of hydrogen-bond donors (Lipinski definition) is 1. The van der Waals surface area contributed by atoms with Crippen molar-refractivity contribution in [2.24, 2.45) is 12.5 Å². The van der Waals surface area contributed by atoms with Gasteiger partial charge in [0.2, 0.25) is 0 Å². The second-order valence-electron chi connectivity index (χ2n) is 8.81. The van der Waals surface area contributed by atoms with Crippen LogP contribution in [0.4, 0.5) is 22.0 Å². The molecule has 2 aromatic rings. The highest BCUT2D eigenvalue weighted by atomic mass is 32.2. The molecular weight excluding hydrogens is 463 g/mol. The van der Waals surface area contributed by atoms with Crippen LogP contribution in [0.3, 0.4) is 0 Å². The van der Waals surface area contributed by atoms with Crippen molar-refractivity contribution in [1.82, 2.24) is 20.1 Å². The van der Waals surface area contributed by atoms with E-state index in [4.69, 9.17) is 0 Å². The number of nitrogens with one attached hydrogen (secondary N) is 1. The number of allylic oxidation sites excluding steroid dienone is 1. The largest absolute Gasteiger partial charge is 0.433 e. The number of thioether (sulfide) groups is 1. The Balaban J connectivity index is 1.56. The fourth-order valence-corrected chi connectivity index (χ4v) is 6.32. The van der Waals surface area contributed by atoms with Crippen LogP contribution in [0.5, 0.6) is 0 Å². The number of nitrogens with zero attached hydrogens (tertiary/aromatic N) is 3. The number of carbonyl (C=O) groups excluding carboxylic acids is 1. The normalized spacial score (nSPS) is 25.8. The van der Waals surface area contributed by atoms with E-state index in [0.717, 1.165) is 34.6 Å². The van der Waals surface area contributed by atoms with Gasteiger partial charge >= 0.3 is 6.18 Å². The van der Waals surface area contributed by atoms with Crippen LogP contribution in [0.15, 0.2) is 35.4 Å². The number of alkyl halides is 5. The zero-order valence-corrected chi connectivity index (χ0v) is 19.0. The van der Waals surface area contributed by atoms with Crippen LogP contribution in [-0.4, -0.2) is 26.7 Å². The standard InChI is InChI=1S/C22H23F5N4OS/c1-12(29-19(32)15-10-14(18(23)24)30-31(15)3)16-5-4-7-20(2)11-21(20,33-16)13-6-8-28-17(9-13)22(25,26)27/h5-6,8-10,12,18H,4,7,11H2,1-3H3,(H,29,32). The first-order valence-electron chi connectivity index (χ1n) is 10.4. The maximum atomic E-state index is 13.3. The van der Waals surface area contributed by atoms with Crippen molar-refractivity contribution in [3.8, 4) is 0 Å². The predicted octanol–water partition coefficient (Wildman–Crippen LogP) is 5.61. The number of hydrogen-bond acceptors (Lipinski definition) is 4. The van der Waals surface area contributed by atoms with Crippen LogP contribution in [0.2, 0.25) is 0 Å². The van der Waals surface area contributed by atoms with Crippen LogP contribution in [0, 0.1) is 5.41 Å². The lowest BCUT2D eigenvalue weighted by molar-refractivity contribution is -0.141. The minimum Gasteiger partial charge on any atom is -0.344 e. The van der Waals surface area contributed by atoms with Crippen LogP contribution >= 0.6 is 11.8 Å². The first kappa shape index (κ1) is 23.7. The summed E-state index contributed by atoms with van der Waals surface area (Å²) in [6.45, 7) is 3.84. The zero-order chi connectivity index (χ0) is 24.2. The average molecular weight is 487 g/mol. The molecule has 11 heteroatoms. The minimum atomic E-state index is -4.53. The quantitative estimate of drug-likeness (QED) is 0.559. The van der Waals surface area contributed by atoms with Gasteiger partial charge in [0.15, 0.2) is 0 Å². The van der Waals surface area contributed by atoms with Gasteiger partial charge < -0.3 is 5.32 Å². The summed E-state index contributed by atoms with van der Waals surface area (Å²) >= 11 is 1.47. The number of fused-ring (bicyclic) bond motifs is 1. The molecule has 1 aliphatic heterocycles. The van der Waals surface area contributed by atoms with Crippen molar-refractivity contribution < 1.29 is 26.7 Å². The van der Waals surface area contributed by atoms with Crippen LogP contribution < -0.4 is 5.32 Å². The molecule has 1 N–H and O–H groups in total. The third-order valence-electron chi connectivity index (χ3n) is 6.47. The van der Waals surface area contributed by atoms with E-state index in [2.05, 4.69) is 22.3 Å². The molecule has 5 nitrogen and oxygen atoms in total. The lowest BCUT2D eigenvalue weighted by atomic mass is 9.95. The van der Waals surface area contributed by atoms with Gasteiger partial charge in [-0.2, -0.15) is 18.3 Å². The van der Waals surface area contributed by atoms with Gasteiger partial charge in [0, 0.05) is 18.1 Å². The molecule has 178 valence electrons. The van der Waals surface area contributed by atoms with Crippen molar-refractivity contribution in [3.63, 3.8) is 0 Å². The maximum absolute atomic E-state index is 13.3. The molecule has 0 radical (unpaired) electrons. The summed E-state index contributed by atoms with van der Waals surface area (Å²) in [4.78, 5) is 17.0. The van der Waals surface area contributed by atoms with E-state index in [-0.39, 0.29) is 11.1 Å². The van der Waals surface area contributed by atoms with Crippen LogP contribution in [0.1, 0.15) is 67.0 Å². The van der Waals surface area contributed by atoms with Gasteiger partial charge in [-0.1, -0.05) is 13.0 Å². The number of rotatable bonds is 5. The van der Waals surface area contributed by atoms with Crippen molar-refractivity contribution >= 4 is 17.7 Å². The maximum Gasteiger partial charge on any atom is 0.433 e. The molecule has 2 aromatic heterocycles. The van der Waals surface area contributed by atoms with Gasteiger partial charge in [0.05, 0.1) is 10.8 Å². The Hall–Kier alpha value is -2.43. The second-order valence-corrected chi connectivity index (χ2v) is 10.2. The monoisotopic (exact) mass is 486 g/mol. The van der Waals surface area contributed by atoms with Crippen molar-refractivity contribution in [2.75, 3.05) is 0 Å². The molecule has 0 saturated heterocycles. The Morgan fingerprint density at radius 2 is 2.03 bits per heavy atom. The molecule has 0 bridgehead atoms. The van der Waals surface area contributed by atoms with E-state index in [0.29, 0.717) is 12.0 Å². The van der Waals surface area contributed by atoms with E-state index >= 15 is 0 Å². The summed E-state index contributed by atoms with van der Waals surface area (Å²) in [6.07, 6.45) is -1.91. The summed E-state index contributed by atoms with van der Waals surface area (Å²) in [7, 11) is 1.41. The number of aromatic nitrogens is 3. The van der Waals surface area contributed by atoms with Gasteiger partial charge in [-0.25, -0.2) is 8.78 Å². The molecule has 1 saturated carbocycles. The molecule has 33 heavy (non-hydrogen) atoms. The topological polar surface area (TPSA) is 59.8 Å². The van der Waals surface area contributed by atoms with Crippen LogP contribution in [-0.2, 0) is 18.0 Å². The Morgan fingerprint density at radius 3 is 2.67 bits per heavy atom. The van der Waals surface area contributed by atoms with E-state index in [1.165, 1.54) is 25.0 Å². The number of amides is 1. The zero-order valence-electron chi connectivity index (χ0n) is 18.2. The van der Waals surface area contributed by atoms with Gasteiger partial charge in [0.1, 0.15) is 17.1 Å². The number of pyridine rings is 1. The third-order valence-corrected chi connectivity index (χ3v) is 8.45. The predicted molar refractivity (Wildman–Crippen MR) is 114 cm³/mol. The molecule has 3 unspecified atom stereocenters. The van der Waals surface area contributed by atoms with E-state index < -0.39 is 40.7 Å². The number of aryl methyl sites for hydroxylation is 1. The van der Waals surface area contributed by atoms with Crippen molar-refractivity contribution in [2.45, 2.75) is 56.5 Å². The fourth-order valence-electron chi connectivity index (χ4n) is 4.49. The Bertz CT molecular complexity index is 1110. The highest BCUT2D eigenvalue weighted by Crippen LogP contribution is 2.75. The van der Waals surface area contributed by atoms with E-state index in [9.17, 15) is 26.7 Å². The molecule has 0 spiro atoms. The summed E-state index contributed by atoms with van der Waals surface area (Å²) in [5, 5.41) is 6.48. The van der Waals surface area contributed by atoms with Gasteiger partial charge in [0.25, 0.3) is 12.3 Å².